The van der Waals surface area contributed by atoms with Gasteiger partial charge >= 0.3 is 0 Å². The van der Waals surface area contributed by atoms with Gasteiger partial charge in [0.2, 0.25) is 16.0 Å². The van der Waals surface area contributed by atoms with E-state index in [9.17, 15) is 8.42 Å². The summed E-state index contributed by atoms with van der Waals surface area (Å²) in [6.45, 7) is 11.0. The third kappa shape index (κ3) is 7.88. The summed E-state index contributed by atoms with van der Waals surface area (Å²) in [5.41, 5.74) is 1.22. The molecule has 1 aliphatic rings. The molecule has 2 aromatic carbocycles. The van der Waals surface area contributed by atoms with Crippen LogP contribution in [0.1, 0.15) is 40.5 Å². The molecule has 37 heavy (non-hydrogen) atoms. The van der Waals surface area contributed by atoms with Crippen molar-refractivity contribution in [2.75, 3.05) is 36.9 Å². The monoisotopic (exact) mass is 525 g/mol. The molecule has 0 unspecified atom stereocenters. The molecule has 1 saturated heterocycles. The van der Waals surface area contributed by atoms with Gasteiger partial charge in [0.1, 0.15) is 18.2 Å². The highest BCUT2D eigenvalue weighted by atomic mass is 32.2. The molecule has 0 bridgehead atoms. The fraction of sp³-hybridized carbons (Fsp3) is 0.407. The van der Waals surface area contributed by atoms with Gasteiger partial charge in [-0.2, -0.15) is 4.98 Å². The predicted molar refractivity (Wildman–Crippen MR) is 147 cm³/mol. The fourth-order valence-corrected chi connectivity index (χ4v) is 5.45. The van der Waals surface area contributed by atoms with E-state index in [1.807, 2.05) is 24.3 Å². The van der Waals surface area contributed by atoms with E-state index in [0.717, 1.165) is 31.1 Å². The molecule has 9 nitrogen and oxygen atoms in total. The van der Waals surface area contributed by atoms with Crippen LogP contribution in [0.5, 0.6) is 5.75 Å². The highest BCUT2D eigenvalue weighted by Crippen LogP contribution is 2.24. The molecular weight excluding hydrogens is 488 g/mol. The maximum atomic E-state index is 12.8. The first kappa shape index (κ1) is 25.4. The Morgan fingerprint density at radius 1 is 1.05 bits per heavy atom. The molecule has 0 aliphatic carbocycles. The van der Waals surface area contributed by atoms with E-state index in [2.05, 4.69) is 30.2 Å². The van der Waals surface area contributed by atoms with Gasteiger partial charge in [0, 0.05) is 35.2 Å². The van der Waals surface area contributed by atoms with E-state index >= 15 is 0 Å². The molecule has 1 aliphatic heterocycles. The summed E-state index contributed by atoms with van der Waals surface area (Å²) in [7, 11) is -3.70. The van der Waals surface area contributed by atoms with Crippen LogP contribution in [-0.4, -0.2) is 55.1 Å². The van der Waals surface area contributed by atoms with Gasteiger partial charge in [-0.05, 0) is 96.1 Å². The number of likely N-dealkylation sites (tertiary alicyclic amines) is 1. The summed E-state index contributed by atoms with van der Waals surface area (Å²) >= 11 is 0. The lowest BCUT2D eigenvalue weighted by Gasteiger charge is -2.20. The van der Waals surface area contributed by atoms with Crippen molar-refractivity contribution in [1.29, 1.82) is 0 Å². The molecule has 3 aromatic rings. The van der Waals surface area contributed by atoms with E-state index in [-0.39, 0.29) is 17.0 Å². The molecule has 0 atom stereocenters. The van der Waals surface area contributed by atoms with E-state index in [4.69, 9.17) is 6.11 Å². The predicted octanol–water partition coefficient (Wildman–Crippen LogP) is 4.82. The normalized spacial score (nSPS) is 14.9. The minimum Gasteiger partial charge on any atom is -0.492 e. The highest BCUT2D eigenvalue weighted by Gasteiger charge is 2.22. The summed E-state index contributed by atoms with van der Waals surface area (Å²) < 4.78 is 42.3. The Morgan fingerprint density at radius 2 is 1.78 bits per heavy atom. The van der Waals surface area contributed by atoms with Crippen molar-refractivity contribution in [3.63, 3.8) is 0 Å². The van der Waals surface area contributed by atoms with Crippen LogP contribution in [0.15, 0.2) is 59.6 Å². The number of anilines is 4. The number of hydrogen-bond acceptors (Lipinski definition) is 8. The van der Waals surface area contributed by atoms with Crippen LogP contribution >= 0.6 is 0 Å². The zero-order valence-corrected chi connectivity index (χ0v) is 22.7. The van der Waals surface area contributed by atoms with Gasteiger partial charge in [-0.15, -0.1) is 0 Å². The van der Waals surface area contributed by atoms with Crippen LogP contribution in [0.4, 0.5) is 23.1 Å². The van der Waals surface area contributed by atoms with E-state index in [1.54, 1.807) is 39.8 Å². The maximum Gasteiger partial charge on any atom is 0.241 e. The van der Waals surface area contributed by atoms with E-state index < -0.39 is 15.6 Å². The molecule has 0 saturated carbocycles. The van der Waals surface area contributed by atoms with Crippen LogP contribution in [0, 0.1) is 6.92 Å². The van der Waals surface area contributed by atoms with Gasteiger partial charge in [0.15, 0.2) is 0 Å². The fourth-order valence-electron chi connectivity index (χ4n) is 3.98. The Morgan fingerprint density at radius 3 is 2.49 bits per heavy atom. The molecule has 1 fully saturated rings. The van der Waals surface area contributed by atoms with Gasteiger partial charge in [0.05, 0.1) is 6.27 Å². The van der Waals surface area contributed by atoms with Crippen LogP contribution in [-0.2, 0) is 10.0 Å². The van der Waals surface area contributed by atoms with Crippen molar-refractivity contribution in [2.24, 2.45) is 0 Å². The van der Waals surface area contributed by atoms with Crippen LogP contribution < -0.4 is 20.1 Å². The van der Waals surface area contributed by atoms with Gasteiger partial charge in [-0.3, -0.25) is 4.90 Å². The van der Waals surface area contributed by atoms with Crippen LogP contribution in [0.2, 0.25) is 0 Å². The molecule has 0 spiro atoms. The number of nitrogens with zero attached hydrogens (tertiary/aromatic N) is 3. The summed E-state index contributed by atoms with van der Waals surface area (Å²) in [4.78, 5) is 11.3. The third-order valence-corrected chi connectivity index (χ3v) is 7.49. The van der Waals surface area contributed by atoms with Crippen LogP contribution in [0.3, 0.4) is 0 Å². The van der Waals surface area contributed by atoms with Crippen LogP contribution in [0.25, 0.3) is 0 Å². The SMILES string of the molecule is [2H]c1nc(Nc2ccc(OCCN3CCCC3)cc2)nc(Nc2cccc(S(=O)(=O)NC(C)(C)C)c2)c1C. The van der Waals surface area contributed by atoms with Crippen molar-refractivity contribution < 1.29 is 14.5 Å². The Kier molecular flexibility index (Phi) is 7.87. The zero-order chi connectivity index (χ0) is 27.3. The van der Waals surface area contributed by atoms with Crippen molar-refractivity contribution in [1.82, 2.24) is 19.6 Å². The first-order valence-corrected chi connectivity index (χ1v) is 14.0. The van der Waals surface area contributed by atoms with Crippen molar-refractivity contribution in [3.05, 3.63) is 60.3 Å². The summed E-state index contributed by atoms with van der Waals surface area (Å²) in [6.07, 6.45) is 2.59. The molecule has 4 rings (SSSR count). The lowest BCUT2D eigenvalue weighted by Crippen LogP contribution is -2.40. The molecule has 1 aromatic heterocycles. The average Bonchev–Trinajstić information content (AvgIpc) is 3.36. The quantitative estimate of drug-likeness (QED) is 0.346. The smallest absolute Gasteiger partial charge is 0.241 e. The Bertz CT molecular complexity index is 1350. The number of sulfonamides is 1. The van der Waals surface area contributed by atoms with Crippen molar-refractivity contribution >= 4 is 33.2 Å². The average molecular weight is 526 g/mol. The van der Waals surface area contributed by atoms with Gasteiger partial charge in [0.25, 0.3) is 0 Å². The second kappa shape index (κ2) is 11.5. The standard InChI is InChI=1S/C27H36N6O3S/c1-20-19-28-26(30-21-10-12-23(13-11-21)36-17-16-33-14-5-6-15-33)31-25(20)29-22-8-7-9-24(18-22)37(34,35)32-27(2,3)4/h7-13,18-19,32H,5-6,14-17H2,1-4H3,(H2,28,29,30,31)/i19D. The van der Waals surface area contributed by atoms with Crippen molar-refractivity contribution in [2.45, 2.75) is 51.0 Å². The molecule has 3 N–H and O–H groups in total. The van der Waals surface area contributed by atoms with Crippen molar-refractivity contribution in [3.8, 4) is 5.75 Å². The number of ether oxygens (including phenoxy) is 1. The largest absolute Gasteiger partial charge is 0.492 e. The second-order valence-corrected chi connectivity index (χ2v) is 11.9. The Labute approximate surface area is 221 Å². The topological polar surface area (TPSA) is 108 Å². The zero-order valence-electron chi connectivity index (χ0n) is 22.8. The first-order valence-electron chi connectivity index (χ1n) is 13.0. The third-order valence-electron chi connectivity index (χ3n) is 5.74. The maximum absolute atomic E-state index is 12.8. The number of rotatable bonds is 10. The number of nitrogens with one attached hydrogen (secondary N) is 3. The lowest BCUT2D eigenvalue weighted by molar-refractivity contribution is 0.238. The Balaban J connectivity index is 1.43. The Hall–Kier alpha value is -3.21. The molecule has 0 amide bonds. The summed E-state index contributed by atoms with van der Waals surface area (Å²) in [5, 5.41) is 6.28. The van der Waals surface area contributed by atoms with Gasteiger partial charge < -0.3 is 15.4 Å². The first-order chi connectivity index (χ1) is 18.0. The number of hydrogen-bond donors (Lipinski definition) is 3. The summed E-state index contributed by atoms with van der Waals surface area (Å²) in [5.74, 6) is 1.45. The lowest BCUT2D eigenvalue weighted by atomic mass is 10.1. The highest BCUT2D eigenvalue weighted by molar-refractivity contribution is 7.89. The summed E-state index contributed by atoms with van der Waals surface area (Å²) in [6, 6.07) is 14.0. The molecule has 0 radical (unpaired) electrons. The van der Waals surface area contributed by atoms with E-state index in [1.165, 1.54) is 25.0 Å². The minimum atomic E-state index is -3.70. The number of benzene rings is 2. The van der Waals surface area contributed by atoms with E-state index in [0.29, 0.717) is 23.7 Å². The molecular formula is C27H36N6O3S. The molecule has 198 valence electrons. The number of aromatic nitrogens is 2. The second-order valence-electron chi connectivity index (χ2n) is 10.2. The van der Waals surface area contributed by atoms with Gasteiger partial charge in [-0.25, -0.2) is 18.1 Å². The molecule has 10 heteroatoms. The minimum absolute atomic E-state index is 0.0602. The molecule has 2 heterocycles. The van der Waals surface area contributed by atoms with Gasteiger partial charge in [-0.1, -0.05) is 6.07 Å².